The minimum absolute atomic E-state index is 0.0934. The van der Waals surface area contributed by atoms with Crippen molar-refractivity contribution in [3.05, 3.63) is 34.7 Å². The van der Waals surface area contributed by atoms with Gasteiger partial charge in [-0.3, -0.25) is 19.3 Å². The van der Waals surface area contributed by atoms with Crippen molar-refractivity contribution < 1.29 is 23.2 Å². The van der Waals surface area contributed by atoms with Gasteiger partial charge in [-0.15, -0.1) is 11.8 Å². The first kappa shape index (κ1) is 19.9. The first-order valence-electron chi connectivity index (χ1n) is 8.36. The van der Waals surface area contributed by atoms with Crippen LogP contribution in [0, 0.1) is 0 Å². The van der Waals surface area contributed by atoms with Gasteiger partial charge < -0.3 is 5.32 Å². The molecule has 0 bridgehead atoms. The SMILES string of the molecule is CSc1ccc(NC(=O)CN2C(=O)SC(=C3CCC(F)(F)CC3)C2=O)cc1. The third kappa shape index (κ3) is 4.70. The fourth-order valence-electron chi connectivity index (χ4n) is 2.91. The van der Waals surface area contributed by atoms with Crippen LogP contribution in [0.25, 0.3) is 0 Å². The number of nitrogens with zero attached hydrogens (tertiary/aromatic N) is 1. The number of carbonyl (C=O) groups excluding carboxylic acids is 3. The number of allylic oxidation sites excluding steroid dienone is 1. The van der Waals surface area contributed by atoms with Gasteiger partial charge in [-0.1, -0.05) is 5.57 Å². The summed E-state index contributed by atoms with van der Waals surface area (Å²) in [6, 6.07) is 7.18. The predicted octanol–water partition coefficient (Wildman–Crippen LogP) is 4.51. The highest BCUT2D eigenvalue weighted by atomic mass is 32.2. The largest absolute Gasteiger partial charge is 0.325 e. The summed E-state index contributed by atoms with van der Waals surface area (Å²) in [5.41, 5.74) is 1.15. The molecule has 1 aliphatic heterocycles. The number of hydrogen-bond acceptors (Lipinski definition) is 5. The van der Waals surface area contributed by atoms with E-state index in [0.717, 1.165) is 21.6 Å². The van der Waals surface area contributed by atoms with Crippen molar-refractivity contribution in [2.45, 2.75) is 36.5 Å². The standard InChI is InChI=1S/C18H18F2N2O3S2/c1-26-13-4-2-12(3-5-13)21-14(23)10-22-16(24)15(27-17(22)25)11-6-8-18(19,20)9-7-11/h2-5H,6-10H2,1H3,(H,21,23). The van der Waals surface area contributed by atoms with Gasteiger partial charge >= 0.3 is 0 Å². The van der Waals surface area contributed by atoms with Crippen molar-refractivity contribution in [2.24, 2.45) is 0 Å². The number of anilines is 1. The third-order valence-corrected chi connectivity index (χ3v) is 6.24. The predicted molar refractivity (Wildman–Crippen MR) is 102 cm³/mol. The van der Waals surface area contributed by atoms with Gasteiger partial charge in [-0.2, -0.15) is 0 Å². The van der Waals surface area contributed by atoms with Crippen LogP contribution in [0.5, 0.6) is 0 Å². The zero-order valence-corrected chi connectivity index (χ0v) is 16.2. The maximum absolute atomic E-state index is 13.3. The van der Waals surface area contributed by atoms with Gasteiger partial charge in [0.15, 0.2) is 0 Å². The fourth-order valence-corrected chi connectivity index (χ4v) is 4.30. The van der Waals surface area contributed by atoms with Crippen LogP contribution in [0.1, 0.15) is 25.7 Å². The molecule has 0 spiro atoms. The molecule has 0 radical (unpaired) electrons. The summed E-state index contributed by atoms with van der Waals surface area (Å²) in [5.74, 6) is -3.78. The minimum Gasteiger partial charge on any atom is -0.325 e. The number of imide groups is 1. The van der Waals surface area contributed by atoms with Crippen LogP contribution in [-0.2, 0) is 9.59 Å². The van der Waals surface area contributed by atoms with Crippen molar-refractivity contribution >= 4 is 46.3 Å². The summed E-state index contributed by atoms with van der Waals surface area (Å²) in [7, 11) is 0. The Balaban J connectivity index is 1.64. The molecular formula is C18H18F2N2O3S2. The van der Waals surface area contributed by atoms with Gasteiger partial charge in [-0.05, 0) is 55.1 Å². The van der Waals surface area contributed by atoms with E-state index >= 15 is 0 Å². The number of hydrogen-bond donors (Lipinski definition) is 1. The molecule has 5 nitrogen and oxygen atoms in total. The first-order chi connectivity index (χ1) is 12.8. The molecule has 1 saturated heterocycles. The zero-order valence-electron chi connectivity index (χ0n) is 14.6. The lowest BCUT2D eigenvalue weighted by atomic mass is 9.91. The molecule has 1 aromatic rings. The summed E-state index contributed by atoms with van der Waals surface area (Å²) in [4.78, 5) is 39.0. The molecule has 1 saturated carbocycles. The Bertz CT molecular complexity index is 797. The molecule has 0 unspecified atom stereocenters. The number of halogens is 2. The highest BCUT2D eigenvalue weighted by Gasteiger charge is 2.41. The third-order valence-electron chi connectivity index (χ3n) is 4.43. The van der Waals surface area contributed by atoms with E-state index in [1.54, 1.807) is 23.9 Å². The molecule has 9 heteroatoms. The van der Waals surface area contributed by atoms with Gasteiger partial charge in [0.2, 0.25) is 11.8 Å². The number of carbonyl (C=O) groups is 3. The molecule has 3 rings (SSSR count). The Labute approximate surface area is 163 Å². The maximum atomic E-state index is 13.3. The Morgan fingerprint density at radius 3 is 2.44 bits per heavy atom. The molecule has 1 aromatic carbocycles. The van der Waals surface area contributed by atoms with Crippen LogP contribution >= 0.6 is 23.5 Å². The van der Waals surface area contributed by atoms with Crippen LogP contribution in [0.4, 0.5) is 19.3 Å². The summed E-state index contributed by atoms with van der Waals surface area (Å²) in [5, 5.41) is 2.10. The van der Waals surface area contributed by atoms with E-state index < -0.39 is 29.5 Å². The number of amides is 3. The van der Waals surface area contributed by atoms with E-state index in [-0.39, 0.29) is 30.6 Å². The second kappa shape index (κ2) is 8.02. The van der Waals surface area contributed by atoms with Crippen molar-refractivity contribution in [1.82, 2.24) is 4.90 Å². The molecule has 27 heavy (non-hydrogen) atoms. The molecule has 3 amide bonds. The smallest absolute Gasteiger partial charge is 0.294 e. The molecule has 1 aliphatic carbocycles. The van der Waals surface area contributed by atoms with E-state index in [4.69, 9.17) is 0 Å². The molecule has 1 heterocycles. The number of alkyl halides is 2. The molecule has 2 fully saturated rings. The number of benzene rings is 1. The van der Waals surface area contributed by atoms with Crippen molar-refractivity contribution in [1.29, 1.82) is 0 Å². The van der Waals surface area contributed by atoms with Crippen LogP contribution in [0.15, 0.2) is 39.6 Å². The zero-order chi connectivity index (χ0) is 19.6. The van der Waals surface area contributed by atoms with E-state index in [9.17, 15) is 23.2 Å². The Morgan fingerprint density at radius 1 is 1.22 bits per heavy atom. The number of nitrogens with one attached hydrogen (secondary N) is 1. The number of rotatable bonds is 4. The summed E-state index contributed by atoms with van der Waals surface area (Å²) < 4.78 is 26.6. The second-order valence-electron chi connectivity index (χ2n) is 6.32. The minimum atomic E-state index is -2.72. The second-order valence-corrected chi connectivity index (χ2v) is 8.17. The Morgan fingerprint density at radius 2 is 1.85 bits per heavy atom. The molecule has 2 aliphatic rings. The first-order valence-corrected chi connectivity index (χ1v) is 10.4. The lowest BCUT2D eigenvalue weighted by Crippen LogP contribution is -2.36. The molecular weight excluding hydrogens is 394 g/mol. The summed E-state index contributed by atoms with van der Waals surface area (Å²) in [6.07, 6.45) is 1.49. The normalized spacial score (nSPS) is 19.6. The monoisotopic (exact) mass is 412 g/mol. The quantitative estimate of drug-likeness (QED) is 0.582. The van der Waals surface area contributed by atoms with Gasteiger partial charge in [0.05, 0.1) is 4.91 Å². The Hall–Kier alpha value is -1.87. The van der Waals surface area contributed by atoms with Crippen molar-refractivity contribution in [3.63, 3.8) is 0 Å². The van der Waals surface area contributed by atoms with Crippen molar-refractivity contribution in [2.75, 3.05) is 18.1 Å². The number of thioether (sulfide) groups is 2. The molecule has 1 N–H and O–H groups in total. The highest BCUT2D eigenvalue weighted by Crippen LogP contribution is 2.42. The highest BCUT2D eigenvalue weighted by molar-refractivity contribution is 8.18. The van der Waals surface area contributed by atoms with Crippen LogP contribution < -0.4 is 5.32 Å². The molecule has 144 valence electrons. The summed E-state index contributed by atoms with van der Waals surface area (Å²) in [6.45, 7) is -0.401. The van der Waals surface area contributed by atoms with Crippen molar-refractivity contribution in [3.8, 4) is 0 Å². The maximum Gasteiger partial charge on any atom is 0.294 e. The fraction of sp³-hybridized carbons (Fsp3) is 0.389. The van der Waals surface area contributed by atoms with Gasteiger partial charge in [0.1, 0.15) is 6.54 Å². The topological polar surface area (TPSA) is 66.5 Å². The van der Waals surface area contributed by atoms with Gasteiger partial charge in [0, 0.05) is 23.4 Å². The van der Waals surface area contributed by atoms with Gasteiger partial charge in [-0.25, -0.2) is 8.78 Å². The van der Waals surface area contributed by atoms with Crippen LogP contribution in [0.2, 0.25) is 0 Å². The van der Waals surface area contributed by atoms with E-state index in [1.807, 2.05) is 18.4 Å². The van der Waals surface area contributed by atoms with Crippen LogP contribution in [-0.4, -0.2) is 40.7 Å². The molecule has 0 atom stereocenters. The van der Waals surface area contributed by atoms with Gasteiger partial charge in [0.25, 0.3) is 11.1 Å². The lowest BCUT2D eigenvalue weighted by Gasteiger charge is -2.24. The van der Waals surface area contributed by atoms with E-state index in [1.165, 1.54) is 0 Å². The average Bonchev–Trinajstić information content (AvgIpc) is 2.90. The Kier molecular flexibility index (Phi) is 5.90. The lowest BCUT2D eigenvalue weighted by molar-refractivity contribution is -0.127. The molecule has 0 aromatic heterocycles. The summed E-state index contributed by atoms with van der Waals surface area (Å²) >= 11 is 2.30. The van der Waals surface area contributed by atoms with Crippen LogP contribution in [0.3, 0.4) is 0 Å². The average molecular weight is 412 g/mol. The van der Waals surface area contributed by atoms with E-state index in [2.05, 4.69) is 5.32 Å². The van der Waals surface area contributed by atoms with E-state index in [0.29, 0.717) is 11.3 Å².